The highest BCUT2D eigenvalue weighted by Crippen LogP contribution is 2.35. The second kappa shape index (κ2) is 6.55. The third-order valence-electron chi connectivity index (χ3n) is 4.47. The van der Waals surface area contributed by atoms with Gasteiger partial charge in [-0.2, -0.15) is 0 Å². The van der Waals surface area contributed by atoms with E-state index in [0.29, 0.717) is 6.61 Å². The Bertz CT molecular complexity index is 263. The first-order valence-corrected chi connectivity index (χ1v) is 7.49. The van der Waals surface area contributed by atoms with Gasteiger partial charge in [-0.1, -0.05) is 51.4 Å². The lowest BCUT2D eigenvalue weighted by Crippen LogP contribution is -2.25. The van der Waals surface area contributed by atoms with Crippen LogP contribution in [0.4, 0.5) is 0 Å². The third-order valence-corrected chi connectivity index (χ3v) is 4.47. The van der Waals surface area contributed by atoms with E-state index in [1.165, 1.54) is 58.5 Å². The number of esters is 1. The van der Waals surface area contributed by atoms with E-state index in [1.54, 1.807) is 0 Å². The molecule has 0 radical (unpaired) electrons. The summed E-state index contributed by atoms with van der Waals surface area (Å²) in [5, 5.41) is 0. The first-order chi connectivity index (χ1) is 8.77. The molecule has 3 nitrogen and oxygen atoms in total. The maximum atomic E-state index is 11.5. The van der Waals surface area contributed by atoms with E-state index in [-0.39, 0.29) is 5.97 Å². The lowest BCUT2D eigenvalue weighted by atomic mass is 9.92. The molecule has 1 heterocycles. The van der Waals surface area contributed by atoms with Gasteiger partial charge in [0, 0.05) is 0 Å². The fourth-order valence-corrected chi connectivity index (χ4v) is 3.13. The van der Waals surface area contributed by atoms with Crippen LogP contribution in [0.1, 0.15) is 64.2 Å². The molecule has 0 aromatic rings. The van der Waals surface area contributed by atoms with Gasteiger partial charge in [0.15, 0.2) is 5.60 Å². The molecule has 0 spiro atoms. The van der Waals surface area contributed by atoms with Crippen molar-refractivity contribution >= 4 is 5.97 Å². The number of hydrogen-bond acceptors (Lipinski definition) is 3. The first-order valence-electron chi connectivity index (χ1n) is 7.49. The Hall–Kier alpha value is -0.570. The van der Waals surface area contributed by atoms with Gasteiger partial charge in [0.2, 0.25) is 0 Å². The van der Waals surface area contributed by atoms with Crippen LogP contribution in [0.15, 0.2) is 0 Å². The Morgan fingerprint density at radius 1 is 1.22 bits per heavy atom. The highest BCUT2D eigenvalue weighted by atomic mass is 16.6. The van der Waals surface area contributed by atoms with E-state index in [0.717, 1.165) is 18.8 Å². The van der Waals surface area contributed by atoms with Crippen LogP contribution in [0.2, 0.25) is 0 Å². The lowest BCUT2D eigenvalue weighted by molar-refractivity contribution is -0.147. The molecule has 0 N–H and O–H groups in total. The molecule has 2 rings (SSSR count). The molecule has 0 aromatic carbocycles. The van der Waals surface area contributed by atoms with E-state index < -0.39 is 5.60 Å². The smallest absolute Gasteiger partial charge is 0.340 e. The maximum absolute atomic E-state index is 11.5. The lowest BCUT2D eigenvalue weighted by Gasteiger charge is -2.14. The van der Waals surface area contributed by atoms with E-state index in [1.807, 2.05) is 0 Å². The summed E-state index contributed by atoms with van der Waals surface area (Å²) in [6.45, 7) is 0.559. The van der Waals surface area contributed by atoms with E-state index in [4.69, 9.17) is 9.47 Å². The monoisotopic (exact) mass is 254 g/mol. The first kappa shape index (κ1) is 13.9. The molecule has 18 heavy (non-hydrogen) atoms. The normalized spacial score (nSPS) is 28.7. The van der Waals surface area contributed by atoms with Gasteiger partial charge >= 0.3 is 5.97 Å². The predicted molar refractivity (Wildman–Crippen MR) is 70.4 cm³/mol. The molecule has 1 saturated heterocycles. The maximum Gasteiger partial charge on any atom is 0.340 e. The Balaban J connectivity index is 1.59. The summed E-state index contributed by atoms with van der Waals surface area (Å²) < 4.78 is 10.1. The van der Waals surface area contributed by atoms with Crippen LogP contribution in [0.5, 0.6) is 0 Å². The second-order valence-corrected chi connectivity index (χ2v) is 5.88. The number of ether oxygens (including phenoxy) is 2. The average molecular weight is 254 g/mol. The highest BCUT2D eigenvalue weighted by molar-refractivity contribution is 5.82. The van der Waals surface area contributed by atoms with E-state index in [9.17, 15) is 4.79 Å². The minimum Gasteiger partial charge on any atom is -0.467 e. The molecule has 104 valence electrons. The molecule has 2 fully saturated rings. The van der Waals surface area contributed by atoms with Crippen LogP contribution in [0, 0.1) is 5.92 Å². The topological polar surface area (TPSA) is 38.8 Å². The molecule has 1 aliphatic carbocycles. The Labute approximate surface area is 110 Å². The van der Waals surface area contributed by atoms with E-state index in [2.05, 4.69) is 0 Å². The highest BCUT2D eigenvalue weighted by Gasteiger charge is 2.52. The van der Waals surface area contributed by atoms with Crippen molar-refractivity contribution in [2.45, 2.75) is 69.8 Å². The van der Waals surface area contributed by atoms with Crippen molar-refractivity contribution in [2.75, 3.05) is 13.7 Å². The molecular weight excluding hydrogens is 228 g/mol. The van der Waals surface area contributed by atoms with Gasteiger partial charge in [-0.15, -0.1) is 0 Å². The number of carbonyl (C=O) groups is 1. The predicted octanol–water partition coefficient (Wildman–Crippen LogP) is 3.46. The van der Waals surface area contributed by atoms with Crippen LogP contribution >= 0.6 is 0 Å². The number of methoxy groups -OCH3 is 1. The van der Waals surface area contributed by atoms with Crippen LogP contribution in [-0.2, 0) is 14.3 Å². The Kier molecular flexibility index (Phi) is 5.04. The molecule has 2 aliphatic rings. The Morgan fingerprint density at radius 3 is 2.44 bits per heavy atom. The minimum atomic E-state index is -0.557. The molecule has 1 unspecified atom stereocenters. The summed E-state index contributed by atoms with van der Waals surface area (Å²) in [5.74, 6) is 0.749. The Morgan fingerprint density at radius 2 is 1.89 bits per heavy atom. The molecule has 1 saturated carbocycles. The molecule has 1 aliphatic heterocycles. The summed E-state index contributed by atoms with van der Waals surface area (Å²) in [7, 11) is 1.44. The molecule has 0 aromatic heterocycles. The van der Waals surface area contributed by atoms with Gasteiger partial charge in [-0.05, 0) is 18.8 Å². The van der Waals surface area contributed by atoms with Crippen molar-refractivity contribution in [1.82, 2.24) is 0 Å². The van der Waals surface area contributed by atoms with Gasteiger partial charge in [0.05, 0.1) is 13.7 Å². The zero-order chi connectivity index (χ0) is 12.8. The SMILES string of the molecule is COC(=O)C1(CCCCC2CCCCCC2)CO1. The quantitative estimate of drug-likeness (QED) is 0.315. The zero-order valence-corrected chi connectivity index (χ0v) is 11.6. The van der Waals surface area contributed by atoms with Gasteiger partial charge < -0.3 is 9.47 Å². The fourth-order valence-electron chi connectivity index (χ4n) is 3.13. The molecule has 0 amide bonds. The van der Waals surface area contributed by atoms with Crippen LogP contribution in [0.25, 0.3) is 0 Å². The summed E-state index contributed by atoms with van der Waals surface area (Å²) in [6.07, 6.45) is 13.0. The molecule has 0 bridgehead atoms. The van der Waals surface area contributed by atoms with Crippen molar-refractivity contribution < 1.29 is 14.3 Å². The number of rotatable bonds is 6. The van der Waals surface area contributed by atoms with Gasteiger partial charge in [0.25, 0.3) is 0 Å². The summed E-state index contributed by atoms with van der Waals surface area (Å²) in [6, 6.07) is 0. The number of hydrogen-bond donors (Lipinski definition) is 0. The standard InChI is InChI=1S/C15H26O3/c1-17-14(16)15(12-18-15)11-7-6-10-13-8-4-2-3-5-9-13/h13H,2-12H2,1H3. The fraction of sp³-hybridized carbons (Fsp3) is 0.933. The van der Waals surface area contributed by atoms with Crippen molar-refractivity contribution in [2.24, 2.45) is 5.92 Å². The van der Waals surface area contributed by atoms with Crippen molar-refractivity contribution in [3.63, 3.8) is 0 Å². The van der Waals surface area contributed by atoms with Gasteiger partial charge in [-0.3, -0.25) is 0 Å². The van der Waals surface area contributed by atoms with E-state index >= 15 is 0 Å². The summed E-state index contributed by atoms with van der Waals surface area (Å²) >= 11 is 0. The largest absolute Gasteiger partial charge is 0.467 e. The molecule has 3 heteroatoms. The van der Waals surface area contributed by atoms with Gasteiger partial charge in [-0.25, -0.2) is 4.79 Å². The molecular formula is C15H26O3. The second-order valence-electron chi connectivity index (χ2n) is 5.88. The number of unbranched alkanes of at least 4 members (excludes halogenated alkanes) is 1. The van der Waals surface area contributed by atoms with Crippen LogP contribution in [-0.4, -0.2) is 25.3 Å². The third kappa shape index (κ3) is 3.71. The average Bonchev–Trinajstić information content (AvgIpc) is 3.19. The summed E-state index contributed by atoms with van der Waals surface area (Å²) in [5.41, 5.74) is -0.557. The molecule has 1 atom stereocenters. The number of carbonyl (C=O) groups excluding carboxylic acids is 1. The summed E-state index contributed by atoms with van der Waals surface area (Å²) in [4.78, 5) is 11.5. The van der Waals surface area contributed by atoms with Crippen molar-refractivity contribution in [1.29, 1.82) is 0 Å². The van der Waals surface area contributed by atoms with Crippen molar-refractivity contribution in [3.05, 3.63) is 0 Å². The minimum absolute atomic E-state index is 0.183. The van der Waals surface area contributed by atoms with Crippen LogP contribution < -0.4 is 0 Å². The van der Waals surface area contributed by atoms with Gasteiger partial charge in [0.1, 0.15) is 0 Å². The number of epoxide rings is 1. The van der Waals surface area contributed by atoms with Crippen molar-refractivity contribution in [3.8, 4) is 0 Å². The van der Waals surface area contributed by atoms with Crippen LogP contribution in [0.3, 0.4) is 0 Å². The zero-order valence-electron chi connectivity index (χ0n) is 11.6.